The second kappa shape index (κ2) is 3.48. The van der Waals surface area contributed by atoms with Crippen molar-refractivity contribution in [1.29, 1.82) is 0 Å². The lowest BCUT2D eigenvalue weighted by atomic mass is 10.4. The second-order valence-electron chi connectivity index (χ2n) is 1.53. The summed E-state index contributed by atoms with van der Waals surface area (Å²) in [6.07, 6.45) is 0. The van der Waals surface area contributed by atoms with Crippen LogP contribution in [0, 0.1) is 6.07 Å². The number of rotatable bonds is 1. The van der Waals surface area contributed by atoms with E-state index in [1.807, 2.05) is 13.8 Å². The minimum atomic E-state index is 0.299. The van der Waals surface area contributed by atoms with Gasteiger partial charge in [-0.25, -0.2) is 0 Å². The minimum Gasteiger partial charge on any atom is -0.306 e. The summed E-state index contributed by atoms with van der Waals surface area (Å²) in [7, 11) is 0. The zero-order valence-electron chi connectivity index (χ0n) is 4.97. The molecule has 2 nitrogen and oxygen atoms in total. The van der Waals surface area contributed by atoms with Crippen molar-refractivity contribution in [2.24, 2.45) is 0 Å². The minimum absolute atomic E-state index is 0.299. The smallest absolute Gasteiger partial charge is 0.267 e. The molecule has 0 saturated carbocycles. The average Bonchev–Trinajstić information content (AvgIpc) is 1.61. The molecular formula is C5H10N2. The molecule has 0 aliphatic heterocycles. The summed E-state index contributed by atoms with van der Waals surface area (Å²) in [4.78, 5) is 3.55. The molecule has 0 aromatic rings. The molecular weight excluding hydrogens is 88.1 g/mol. The molecule has 7 heavy (non-hydrogen) atoms. The Labute approximate surface area is 44.3 Å². The molecule has 0 heterocycles. The Morgan fingerprint density at radius 3 is 2.29 bits per heavy atom. The van der Waals surface area contributed by atoms with Crippen LogP contribution in [0.1, 0.15) is 20.8 Å². The summed E-state index contributed by atoms with van der Waals surface area (Å²) in [5.74, 6) is 0. The van der Waals surface area contributed by atoms with Crippen LogP contribution in [-0.4, -0.2) is 6.04 Å². The third kappa shape index (κ3) is 5.29. The van der Waals surface area contributed by atoms with Crippen LogP contribution in [-0.2, 0) is 0 Å². The highest BCUT2D eigenvalue weighted by molar-refractivity contribution is 4.97. The fourth-order valence-corrected chi connectivity index (χ4v) is 0.173. The molecule has 2 heteroatoms. The van der Waals surface area contributed by atoms with Crippen molar-refractivity contribution in [2.75, 3.05) is 0 Å². The third-order valence-electron chi connectivity index (χ3n) is 0.389. The fourth-order valence-electron chi connectivity index (χ4n) is 0.173. The van der Waals surface area contributed by atoms with Gasteiger partial charge < -0.3 is 5.43 Å². The standard InChI is InChI=1S/C5H10N2/c1-4-6-7-5(2)3/h5H,1-3H3. The van der Waals surface area contributed by atoms with Crippen molar-refractivity contribution in [3.8, 4) is 6.07 Å². The molecule has 0 aliphatic carbocycles. The lowest BCUT2D eigenvalue weighted by Gasteiger charge is -2.00. The highest BCUT2D eigenvalue weighted by Gasteiger charge is 1.76. The summed E-state index contributed by atoms with van der Waals surface area (Å²) < 4.78 is 0. The van der Waals surface area contributed by atoms with Crippen molar-refractivity contribution in [2.45, 2.75) is 26.8 Å². The van der Waals surface area contributed by atoms with E-state index in [9.17, 15) is 0 Å². The van der Waals surface area contributed by atoms with Gasteiger partial charge in [0.2, 0.25) is 0 Å². The number of hydrogen-bond acceptors (Lipinski definition) is 0. The zero-order chi connectivity index (χ0) is 5.70. The van der Waals surface area contributed by atoms with Gasteiger partial charge >= 0.3 is 0 Å². The molecule has 0 rings (SSSR count). The molecule has 0 N–H and O–H groups in total. The lowest BCUT2D eigenvalue weighted by Crippen LogP contribution is -1.84. The van der Waals surface area contributed by atoms with E-state index >= 15 is 0 Å². The van der Waals surface area contributed by atoms with Gasteiger partial charge in [0.25, 0.3) is 6.07 Å². The first kappa shape index (κ1) is 6.29. The summed E-state index contributed by atoms with van der Waals surface area (Å²) in [5, 5.41) is 0. The molecule has 40 valence electrons. The Balaban J connectivity index is 3.08. The maximum atomic E-state index is 3.76. The highest BCUT2D eigenvalue weighted by atomic mass is 15.3. The second-order valence-corrected chi connectivity index (χ2v) is 1.53. The van der Waals surface area contributed by atoms with Gasteiger partial charge in [-0.15, -0.1) is 4.95 Å². The molecule has 0 bridgehead atoms. The van der Waals surface area contributed by atoms with Crippen molar-refractivity contribution >= 4 is 0 Å². The van der Waals surface area contributed by atoms with Crippen LogP contribution < -0.4 is 0 Å². The maximum absolute atomic E-state index is 3.76. The van der Waals surface area contributed by atoms with Crippen molar-refractivity contribution in [3.63, 3.8) is 0 Å². The van der Waals surface area contributed by atoms with E-state index in [0.717, 1.165) is 0 Å². The van der Waals surface area contributed by atoms with E-state index < -0.39 is 0 Å². The van der Waals surface area contributed by atoms with Crippen LogP contribution >= 0.6 is 0 Å². The average molecular weight is 98.1 g/mol. The topological polar surface area (TPSA) is 18.5 Å². The van der Waals surface area contributed by atoms with Crippen LogP contribution in [0.4, 0.5) is 0 Å². The lowest BCUT2D eigenvalue weighted by molar-refractivity contribution is 0.944. The molecule has 0 aromatic carbocycles. The van der Waals surface area contributed by atoms with Gasteiger partial charge in [0.05, 0.1) is 6.92 Å². The van der Waals surface area contributed by atoms with Gasteiger partial charge in [-0.1, -0.05) is 19.9 Å². The molecule has 0 saturated heterocycles. The van der Waals surface area contributed by atoms with E-state index in [1.54, 1.807) is 6.92 Å². The van der Waals surface area contributed by atoms with Crippen molar-refractivity contribution in [1.82, 2.24) is 0 Å². The Bertz CT molecular complexity index is 86.0. The van der Waals surface area contributed by atoms with Crippen LogP contribution in [0.2, 0.25) is 0 Å². The molecule has 0 radical (unpaired) electrons. The molecule has 0 aromatic heterocycles. The van der Waals surface area contributed by atoms with Crippen LogP contribution in [0.25, 0.3) is 10.4 Å². The predicted octanol–water partition coefficient (Wildman–Crippen LogP) is 2.04. The molecule has 0 amide bonds. The highest BCUT2D eigenvalue weighted by Crippen LogP contribution is 1.95. The Morgan fingerprint density at radius 1 is 1.57 bits per heavy atom. The first-order valence-corrected chi connectivity index (χ1v) is 2.34. The normalized spacial score (nSPS) is 7.43. The van der Waals surface area contributed by atoms with Gasteiger partial charge in [0, 0.05) is 0 Å². The fraction of sp³-hybridized carbons (Fsp3) is 0.800. The van der Waals surface area contributed by atoms with Gasteiger partial charge in [-0.05, 0) is 0 Å². The van der Waals surface area contributed by atoms with E-state index in [2.05, 4.69) is 16.4 Å². The summed E-state index contributed by atoms with van der Waals surface area (Å²) in [6, 6.07) is 2.86. The summed E-state index contributed by atoms with van der Waals surface area (Å²) in [6.45, 7) is 5.67. The Hall–Kier alpha value is -0.710. The SMILES string of the molecule is CC#[N+][N-]C(C)C. The van der Waals surface area contributed by atoms with Crippen LogP contribution in [0.3, 0.4) is 0 Å². The van der Waals surface area contributed by atoms with Crippen molar-refractivity contribution < 1.29 is 0 Å². The zero-order valence-corrected chi connectivity index (χ0v) is 4.97. The van der Waals surface area contributed by atoms with Crippen LogP contribution in [0.5, 0.6) is 0 Å². The predicted molar refractivity (Wildman–Crippen MR) is 31.4 cm³/mol. The Morgan fingerprint density at radius 2 is 2.14 bits per heavy atom. The molecule has 0 spiro atoms. The van der Waals surface area contributed by atoms with E-state index in [1.165, 1.54) is 0 Å². The Kier molecular flexibility index (Phi) is 3.13. The monoisotopic (exact) mass is 98.1 g/mol. The molecule has 0 fully saturated rings. The van der Waals surface area contributed by atoms with Crippen LogP contribution in [0.15, 0.2) is 0 Å². The first-order valence-electron chi connectivity index (χ1n) is 2.34. The molecule has 0 atom stereocenters. The molecule has 0 aliphatic rings. The van der Waals surface area contributed by atoms with Gasteiger partial charge in [-0.3, -0.25) is 0 Å². The maximum Gasteiger partial charge on any atom is 0.267 e. The van der Waals surface area contributed by atoms with Gasteiger partial charge in [0.1, 0.15) is 0 Å². The van der Waals surface area contributed by atoms with Gasteiger partial charge in [0.15, 0.2) is 0 Å². The third-order valence-corrected chi connectivity index (χ3v) is 0.389. The van der Waals surface area contributed by atoms with E-state index in [-0.39, 0.29) is 0 Å². The molecule has 0 unspecified atom stereocenters. The van der Waals surface area contributed by atoms with Gasteiger partial charge in [-0.2, -0.15) is 0 Å². The van der Waals surface area contributed by atoms with E-state index in [0.29, 0.717) is 6.04 Å². The van der Waals surface area contributed by atoms with E-state index in [4.69, 9.17) is 0 Å². The largest absolute Gasteiger partial charge is 0.306 e. The number of hydrogen-bond donors (Lipinski definition) is 0. The summed E-state index contributed by atoms with van der Waals surface area (Å²) >= 11 is 0. The first-order chi connectivity index (χ1) is 3.27. The summed E-state index contributed by atoms with van der Waals surface area (Å²) in [5.41, 5.74) is 3.76. The number of nitrogens with zero attached hydrogens (tertiary/aromatic N) is 2. The quantitative estimate of drug-likeness (QED) is 0.447. The van der Waals surface area contributed by atoms with Crippen molar-refractivity contribution in [3.05, 3.63) is 10.4 Å².